The van der Waals surface area contributed by atoms with E-state index in [-0.39, 0.29) is 11.8 Å². The van der Waals surface area contributed by atoms with Gasteiger partial charge in [-0.1, -0.05) is 17.7 Å². The minimum absolute atomic E-state index is 0.0357. The minimum atomic E-state index is -0.0870. The molecule has 0 radical (unpaired) electrons. The lowest BCUT2D eigenvalue weighted by molar-refractivity contribution is -0.116. The Bertz CT molecular complexity index is 1130. The number of pyridine rings is 1. The molecule has 1 fully saturated rings. The standard InChI is InChI=1S/C25H26ClN3O3/c1-32-23-10-8-20(26)15-22(23)28-24(30)11-6-17-4-3-13-29(16-17)25(31)19-7-9-21-18(14-19)5-2-12-27-21/h2,5,7-10,12,14-15,17H,3-4,6,11,13,16H2,1H3,(H,28,30)/t17-/m1/s1. The number of aromatic nitrogens is 1. The number of likely N-dealkylation sites (tertiary alicyclic amines) is 1. The van der Waals surface area contributed by atoms with Crippen molar-refractivity contribution in [3.05, 3.63) is 65.3 Å². The first kappa shape index (κ1) is 22.1. The van der Waals surface area contributed by atoms with Crippen LogP contribution in [0.5, 0.6) is 5.75 Å². The maximum absolute atomic E-state index is 13.1. The van der Waals surface area contributed by atoms with Crippen LogP contribution in [0.4, 0.5) is 5.69 Å². The predicted molar refractivity (Wildman–Crippen MR) is 126 cm³/mol. The summed E-state index contributed by atoms with van der Waals surface area (Å²) < 4.78 is 5.28. The average Bonchev–Trinajstić information content (AvgIpc) is 2.82. The molecule has 1 aliphatic rings. The largest absolute Gasteiger partial charge is 0.495 e. The highest BCUT2D eigenvalue weighted by Crippen LogP contribution is 2.28. The van der Waals surface area contributed by atoms with E-state index in [0.717, 1.165) is 36.7 Å². The summed E-state index contributed by atoms with van der Waals surface area (Å²) in [5.74, 6) is 0.814. The third-order valence-corrected chi connectivity index (χ3v) is 6.11. The summed E-state index contributed by atoms with van der Waals surface area (Å²) in [6.45, 7) is 1.41. The van der Waals surface area contributed by atoms with Gasteiger partial charge in [0.05, 0.1) is 18.3 Å². The molecule has 1 aromatic heterocycles. The van der Waals surface area contributed by atoms with Gasteiger partial charge in [0.15, 0.2) is 0 Å². The van der Waals surface area contributed by atoms with Crippen molar-refractivity contribution in [1.29, 1.82) is 0 Å². The first-order valence-electron chi connectivity index (χ1n) is 10.8. The molecular formula is C25H26ClN3O3. The van der Waals surface area contributed by atoms with E-state index in [4.69, 9.17) is 16.3 Å². The third-order valence-electron chi connectivity index (χ3n) is 5.87. The number of amides is 2. The van der Waals surface area contributed by atoms with Crippen molar-refractivity contribution in [3.8, 4) is 5.75 Å². The number of halogens is 1. The van der Waals surface area contributed by atoms with Crippen LogP contribution in [-0.2, 0) is 4.79 Å². The van der Waals surface area contributed by atoms with Gasteiger partial charge in [-0.05, 0) is 67.6 Å². The highest BCUT2D eigenvalue weighted by molar-refractivity contribution is 6.31. The van der Waals surface area contributed by atoms with Crippen LogP contribution in [0.15, 0.2) is 54.7 Å². The number of nitrogens with one attached hydrogen (secondary N) is 1. The van der Waals surface area contributed by atoms with Crippen molar-refractivity contribution in [2.75, 3.05) is 25.5 Å². The number of piperidine rings is 1. The van der Waals surface area contributed by atoms with Crippen LogP contribution in [0, 0.1) is 5.92 Å². The molecule has 6 nitrogen and oxygen atoms in total. The number of anilines is 1. The van der Waals surface area contributed by atoms with Crippen LogP contribution in [-0.4, -0.2) is 41.9 Å². The van der Waals surface area contributed by atoms with Crippen LogP contribution in [0.25, 0.3) is 10.9 Å². The maximum atomic E-state index is 13.1. The lowest BCUT2D eigenvalue weighted by Gasteiger charge is -2.33. The van der Waals surface area contributed by atoms with Crippen molar-refractivity contribution in [2.45, 2.75) is 25.7 Å². The topological polar surface area (TPSA) is 71.5 Å². The van der Waals surface area contributed by atoms with Gasteiger partial charge in [-0.25, -0.2) is 0 Å². The molecule has 2 amide bonds. The van der Waals surface area contributed by atoms with Crippen LogP contribution < -0.4 is 10.1 Å². The second kappa shape index (κ2) is 10.0. The molecule has 0 unspecified atom stereocenters. The first-order valence-corrected chi connectivity index (χ1v) is 11.2. The molecule has 1 saturated heterocycles. The Labute approximate surface area is 192 Å². The van der Waals surface area contributed by atoms with Crippen LogP contribution in [0.3, 0.4) is 0 Å². The highest BCUT2D eigenvalue weighted by Gasteiger charge is 2.25. The van der Waals surface area contributed by atoms with E-state index in [1.807, 2.05) is 35.2 Å². The molecule has 0 bridgehead atoms. The van der Waals surface area contributed by atoms with Crippen LogP contribution in [0.2, 0.25) is 5.02 Å². The van der Waals surface area contributed by atoms with E-state index in [1.54, 1.807) is 31.5 Å². The zero-order valence-corrected chi connectivity index (χ0v) is 18.8. The summed E-state index contributed by atoms with van der Waals surface area (Å²) in [6, 6.07) is 14.6. The maximum Gasteiger partial charge on any atom is 0.253 e. The fourth-order valence-corrected chi connectivity index (χ4v) is 4.37. The molecule has 7 heteroatoms. The molecule has 0 saturated carbocycles. The van der Waals surface area contributed by atoms with Gasteiger partial charge in [0, 0.05) is 41.7 Å². The van der Waals surface area contributed by atoms with Gasteiger partial charge in [-0.2, -0.15) is 0 Å². The average molecular weight is 452 g/mol. The summed E-state index contributed by atoms with van der Waals surface area (Å²) in [5, 5.41) is 4.38. The van der Waals surface area contributed by atoms with Gasteiger partial charge >= 0.3 is 0 Å². The van der Waals surface area contributed by atoms with E-state index in [2.05, 4.69) is 10.3 Å². The fourth-order valence-electron chi connectivity index (χ4n) is 4.20. The molecule has 2 heterocycles. The number of methoxy groups -OCH3 is 1. The van der Waals surface area contributed by atoms with Gasteiger partial charge < -0.3 is 15.0 Å². The van der Waals surface area contributed by atoms with Crippen molar-refractivity contribution >= 4 is 40.0 Å². The highest BCUT2D eigenvalue weighted by atomic mass is 35.5. The Morgan fingerprint density at radius 3 is 2.94 bits per heavy atom. The lowest BCUT2D eigenvalue weighted by Crippen LogP contribution is -2.40. The Balaban J connectivity index is 1.34. The molecule has 166 valence electrons. The van der Waals surface area contributed by atoms with E-state index < -0.39 is 0 Å². The third kappa shape index (κ3) is 5.19. The number of rotatable bonds is 6. The van der Waals surface area contributed by atoms with Crippen LogP contribution in [0.1, 0.15) is 36.0 Å². The van der Waals surface area contributed by atoms with Gasteiger partial charge in [0.25, 0.3) is 5.91 Å². The zero-order chi connectivity index (χ0) is 22.5. The number of hydrogen-bond donors (Lipinski definition) is 1. The van der Waals surface area contributed by atoms with Crippen LogP contribution >= 0.6 is 11.6 Å². The number of hydrogen-bond acceptors (Lipinski definition) is 4. The summed E-state index contributed by atoms with van der Waals surface area (Å²) in [7, 11) is 1.55. The van der Waals surface area contributed by atoms with Crippen molar-refractivity contribution < 1.29 is 14.3 Å². The first-order chi connectivity index (χ1) is 15.5. The van der Waals surface area contributed by atoms with E-state index >= 15 is 0 Å². The monoisotopic (exact) mass is 451 g/mol. The SMILES string of the molecule is COc1ccc(Cl)cc1NC(=O)CC[C@H]1CCCN(C(=O)c2ccc3ncccc3c2)C1. The van der Waals surface area contributed by atoms with Crippen molar-refractivity contribution in [2.24, 2.45) is 5.92 Å². The summed E-state index contributed by atoms with van der Waals surface area (Å²) in [5.41, 5.74) is 2.12. The molecule has 3 aromatic rings. The number of benzene rings is 2. The van der Waals surface area contributed by atoms with Gasteiger partial charge in [0.2, 0.25) is 5.91 Å². The molecule has 4 rings (SSSR count). The normalized spacial score (nSPS) is 16.1. The number of fused-ring (bicyclic) bond motifs is 1. The summed E-state index contributed by atoms with van der Waals surface area (Å²) in [6.07, 6.45) is 4.80. The molecule has 0 aliphatic carbocycles. The smallest absolute Gasteiger partial charge is 0.253 e. The summed E-state index contributed by atoms with van der Waals surface area (Å²) >= 11 is 6.04. The molecular weight excluding hydrogens is 426 g/mol. The zero-order valence-electron chi connectivity index (χ0n) is 18.0. The van der Waals surface area contributed by atoms with E-state index in [9.17, 15) is 9.59 Å². The van der Waals surface area contributed by atoms with Gasteiger partial charge in [0.1, 0.15) is 5.75 Å². The second-order valence-corrected chi connectivity index (χ2v) is 8.54. The number of nitrogens with zero attached hydrogens (tertiary/aromatic N) is 2. The lowest BCUT2D eigenvalue weighted by atomic mass is 9.92. The Morgan fingerprint density at radius 1 is 1.22 bits per heavy atom. The molecule has 1 aliphatic heterocycles. The molecule has 1 atom stereocenters. The van der Waals surface area contributed by atoms with E-state index in [0.29, 0.717) is 40.9 Å². The Morgan fingerprint density at radius 2 is 2.09 bits per heavy atom. The number of carbonyl (C=O) groups is 2. The second-order valence-electron chi connectivity index (χ2n) is 8.10. The van der Waals surface area contributed by atoms with Crippen molar-refractivity contribution in [3.63, 3.8) is 0 Å². The summed E-state index contributed by atoms with van der Waals surface area (Å²) in [4.78, 5) is 31.8. The number of ether oxygens (including phenoxy) is 1. The fraction of sp³-hybridized carbons (Fsp3) is 0.320. The molecule has 0 spiro atoms. The van der Waals surface area contributed by atoms with Crippen molar-refractivity contribution in [1.82, 2.24) is 9.88 Å². The minimum Gasteiger partial charge on any atom is -0.495 e. The molecule has 2 aromatic carbocycles. The quantitative estimate of drug-likeness (QED) is 0.561. The molecule has 32 heavy (non-hydrogen) atoms. The Hall–Kier alpha value is -3.12. The van der Waals surface area contributed by atoms with E-state index in [1.165, 1.54) is 0 Å². The predicted octanol–water partition coefficient (Wildman–Crippen LogP) is 5.17. The number of carbonyl (C=O) groups excluding carboxylic acids is 2. The molecule has 1 N–H and O–H groups in total. The Kier molecular flexibility index (Phi) is 6.90. The van der Waals surface area contributed by atoms with Gasteiger partial charge in [-0.15, -0.1) is 0 Å². The van der Waals surface area contributed by atoms with Gasteiger partial charge in [-0.3, -0.25) is 14.6 Å².